The third-order valence-electron chi connectivity index (χ3n) is 4.07. The molecule has 0 aliphatic carbocycles. The Hall–Kier alpha value is -0.970. The zero-order valence-corrected chi connectivity index (χ0v) is 13.1. The Balaban J connectivity index is 1.87. The number of hydrogen-bond acceptors (Lipinski definition) is 3. The first-order chi connectivity index (χ1) is 10.2. The highest BCUT2D eigenvalue weighted by atomic mass is 19.1. The van der Waals surface area contributed by atoms with Crippen LogP contribution in [0, 0.1) is 11.7 Å². The van der Waals surface area contributed by atoms with Crippen LogP contribution in [0.2, 0.25) is 0 Å². The van der Waals surface area contributed by atoms with E-state index in [0.717, 1.165) is 44.7 Å². The molecule has 21 heavy (non-hydrogen) atoms. The predicted octanol–water partition coefficient (Wildman–Crippen LogP) is 2.66. The topological polar surface area (TPSA) is 24.5 Å². The Kier molecular flexibility index (Phi) is 6.61. The van der Waals surface area contributed by atoms with Crippen LogP contribution >= 0.6 is 0 Å². The molecule has 1 fully saturated rings. The number of rotatable bonds is 7. The van der Waals surface area contributed by atoms with Crippen molar-refractivity contribution in [1.82, 2.24) is 10.2 Å². The van der Waals surface area contributed by atoms with Crippen LogP contribution in [0.1, 0.15) is 25.3 Å². The van der Waals surface area contributed by atoms with Gasteiger partial charge in [-0.15, -0.1) is 0 Å². The maximum Gasteiger partial charge on any atom is 0.127 e. The molecule has 1 aliphatic heterocycles. The molecule has 118 valence electrons. The lowest BCUT2D eigenvalue weighted by atomic mass is 9.95. The lowest BCUT2D eigenvalue weighted by Gasteiger charge is -2.35. The molecule has 0 aromatic heterocycles. The molecule has 1 N–H and O–H groups in total. The minimum Gasteiger partial charge on any atom is -0.381 e. The summed E-state index contributed by atoms with van der Waals surface area (Å²) in [5.74, 6) is 0.354. The Morgan fingerprint density at radius 3 is 2.95 bits per heavy atom. The van der Waals surface area contributed by atoms with E-state index in [1.165, 1.54) is 6.07 Å². The van der Waals surface area contributed by atoms with E-state index in [2.05, 4.69) is 24.2 Å². The standard InChI is InChI=1S/C17H27FN2O/c1-3-9-19-17-8-10-21-13-15(17)12-20(2)11-14-6-4-5-7-16(14)18/h4-7,15,17,19H,3,8-13H2,1-2H3. The van der Waals surface area contributed by atoms with Gasteiger partial charge in [0, 0.05) is 37.2 Å². The molecule has 0 amide bonds. The van der Waals surface area contributed by atoms with Crippen LogP contribution < -0.4 is 5.32 Å². The minimum atomic E-state index is -0.120. The lowest BCUT2D eigenvalue weighted by Crippen LogP contribution is -2.47. The summed E-state index contributed by atoms with van der Waals surface area (Å²) in [6, 6.07) is 7.52. The van der Waals surface area contributed by atoms with E-state index in [1.807, 2.05) is 12.1 Å². The third-order valence-corrected chi connectivity index (χ3v) is 4.07. The van der Waals surface area contributed by atoms with Crippen molar-refractivity contribution >= 4 is 0 Å². The normalized spacial score (nSPS) is 22.7. The van der Waals surface area contributed by atoms with Gasteiger partial charge in [-0.2, -0.15) is 0 Å². The SMILES string of the molecule is CCCNC1CCOCC1CN(C)Cc1ccccc1F. The van der Waals surface area contributed by atoms with Crippen molar-refractivity contribution in [3.05, 3.63) is 35.6 Å². The first-order valence-electron chi connectivity index (χ1n) is 7.93. The summed E-state index contributed by atoms with van der Waals surface area (Å²) in [4.78, 5) is 2.19. The number of hydrogen-bond donors (Lipinski definition) is 1. The average Bonchev–Trinajstić information content (AvgIpc) is 2.49. The molecule has 1 saturated heterocycles. The Labute approximate surface area is 127 Å². The van der Waals surface area contributed by atoms with Crippen molar-refractivity contribution < 1.29 is 9.13 Å². The first kappa shape index (κ1) is 16.4. The summed E-state index contributed by atoms with van der Waals surface area (Å²) in [6.45, 7) is 6.45. The van der Waals surface area contributed by atoms with Crippen molar-refractivity contribution in [3.63, 3.8) is 0 Å². The van der Waals surface area contributed by atoms with E-state index >= 15 is 0 Å². The van der Waals surface area contributed by atoms with Crippen LogP contribution in [0.25, 0.3) is 0 Å². The molecule has 1 aromatic rings. The van der Waals surface area contributed by atoms with Crippen LogP contribution in [0.5, 0.6) is 0 Å². The Bertz CT molecular complexity index is 427. The average molecular weight is 294 g/mol. The van der Waals surface area contributed by atoms with E-state index in [0.29, 0.717) is 18.5 Å². The van der Waals surface area contributed by atoms with Crippen molar-refractivity contribution in [3.8, 4) is 0 Å². The molecule has 0 radical (unpaired) electrons. The molecule has 0 saturated carbocycles. The highest BCUT2D eigenvalue weighted by Crippen LogP contribution is 2.17. The Morgan fingerprint density at radius 1 is 1.38 bits per heavy atom. The van der Waals surface area contributed by atoms with Gasteiger partial charge < -0.3 is 15.0 Å². The molecule has 4 heteroatoms. The third kappa shape index (κ3) is 5.06. The number of halogens is 1. The maximum absolute atomic E-state index is 13.7. The first-order valence-corrected chi connectivity index (χ1v) is 7.93. The largest absolute Gasteiger partial charge is 0.381 e. The van der Waals surface area contributed by atoms with Gasteiger partial charge in [0.1, 0.15) is 5.82 Å². The Morgan fingerprint density at radius 2 is 2.19 bits per heavy atom. The minimum absolute atomic E-state index is 0.120. The fourth-order valence-corrected chi connectivity index (χ4v) is 2.96. The number of benzene rings is 1. The summed E-state index contributed by atoms with van der Waals surface area (Å²) in [7, 11) is 2.05. The van der Waals surface area contributed by atoms with Crippen molar-refractivity contribution in [2.24, 2.45) is 5.92 Å². The molecule has 2 atom stereocenters. The van der Waals surface area contributed by atoms with E-state index in [-0.39, 0.29) is 5.82 Å². The number of ether oxygens (including phenoxy) is 1. The second-order valence-corrected chi connectivity index (χ2v) is 5.97. The summed E-state index contributed by atoms with van der Waals surface area (Å²) in [5.41, 5.74) is 0.759. The van der Waals surface area contributed by atoms with Crippen molar-refractivity contribution in [1.29, 1.82) is 0 Å². The van der Waals surface area contributed by atoms with Gasteiger partial charge in [-0.25, -0.2) is 4.39 Å². The van der Waals surface area contributed by atoms with Gasteiger partial charge in [0.15, 0.2) is 0 Å². The van der Waals surface area contributed by atoms with E-state index in [4.69, 9.17) is 4.74 Å². The monoisotopic (exact) mass is 294 g/mol. The van der Waals surface area contributed by atoms with E-state index in [9.17, 15) is 4.39 Å². The van der Waals surface area contributed by atoms with Crippen LogP contribution in [0.4, 0.5) is 4.39 Å². The second kappa shape index (κ2) is 8.47. The zero-order chi connectivity index (χ0) is 15.1. The van der Waals surface area contributed by atoms with Crippen molar-refractivity contribution in [2.75, 3.05) is 33.4 Å². The second-order valence-electron chi connectivity index (χ2n) is 5.97. The quantitative estimate of drug-likeness (QED) is 0.837. The zero-order valence-electron chi connectivity index (χ0n) is 13.1. The number of nitrogens with zero attached hydrogens (tertiary/aromatic N) is 1. The van der Waals surface area contributed by atoms with Gasteiger partial charge in [-0.3, -0.25) is 0 Å². The molecule has 0 spiro atoms. The molecule has 0 bridgehead atoms. The summed E-state index contributed by atoms with van der Waals surface area (Å²) < 4.78 is 19.3. The lowest BCUT2D eigenvalue weighted by molar-refractivity contribution is 0.0188. The smallest absolute Gasteiger partial charge is 0.127 e. The molecule has 1 heterocycles. The number of nitrogens with one attached hydrogen (secondary N) is 1. The van der Waals surface area contributed by atoms with E-state index in [1.54, 1.807) is 6.07 Å². The summed E-state index contributed by atoms with van der Waals surface area (Å²) in [5, 5.41) is 3.62. The predicted molar refractivity (Wildman–Crippen MR) is 83.7 cm³/mol. The van der Waals surface area contributed by atoms with Crippen LogP contribution in [0.15, 0.2) is 24.3 Å². The van der Waals surface area contributed by atoms with Gasteiger partial charge >= 0.3 is 0 Å². The fraction of sp³-hybridized carbons (Fsp3) is 0.647. The fourth-order valence-electron chi connectivity index (χ4n) is 2.96. The molecule has 1 aliphatic rings. The highest BCUT2D eigenvalue weighted by molar-refractivity contribution is 5.17. The van der Waals surface area contributed by atoms with Gasteiger partial charge in [-0.1, -0.05) is 25.1 Å². The molecular weight excluding hydrogens is 267 g/mol. The van der Waals surface area contributed by atoms with Gasteiger partial charge in [0.05, 0.1) is 6.61 Å². The molecular formula is C17H27FN2O. The molecule has 2 unspecified atom stereocenters. The summed E-state index contributed by atoms with van der Waals surface area (Å²) >= 11 is 0. The van der Waals surface area contributed by atoms with Gasteiger partial charge in [0.25, 0.3) is 0 Å². The van der Waals surface area contributed by atoms with Gasteiger partial charge in [0.2, 0.25) is 0 Å². The molecule has 2 rings (SSSR count). The molecule has 1 aromatic carbocycles. The maximum atomic E-state index is 13.7. The van der Waals surface area contributed by atoms with Crippen LogP contribution in [-0.4, -0.2) is 44.3 Å². The van der Waals surface area contributed by atoms with Crippen LogP contribution in [0.3, 0.4) is 0 Å². The highest BCUT2D eigenvalue weighted by Gasteiger charge is 2.26. The van der Waals surface area contributed by atoms with Crippen molar-refractivity contribution in [2.45, 2.75) is 32.4 Å². The van der Waals surface area contributed by atoms with E-state index < -0.39 is 0 Å². The summed E-state index contributed by atoms with van der Waals surface area (Å²) in [6.07, 6.45) is 2.22. The molecule has 3 nitrogen and oxygen atoms in total. The van der Waals surface area contributed by atoms with Gasteiger partial charge in [-0.05, 0) is 32.5 Å². The van der Waals surface area contributed by atoms with Crippen LogP contribution in [-0.2, 0) is 11.3 Å².